The Hall–Kier alpha value is -6.12. The molecule has 0 spiro atoms. The lowest BCUT2D eigenvalue weighted by atomic mass is 9.42. The molecule has 7 aromatic rings. The molecule has 7 aromatic carbocycles. The van der Waals surface area contributed by atoms with Crippen molar-refractivity contribution in [2.45, 2.75) is 96.3 Å². The van der Waals surface area contributed by atoms with E-state index >= 15 is 0 Å². The Morgan fingerprint density at radius 2 is 0.905 bits per heavy atom. The van der Waals surface area contributed by atoms with Gasteiger partial charge in [0.2, 0.25) is 0 Å². The normalized spacial score (nSPS) is 21.0. The fourth-order valence-corrected chi connectivity index (χ4v) is 12.3. The standard InChI is InChI=1S/C61H62N2/c1-6-8-9-47-14-26-55(27-15-47)62(58-32-22-53(23-33-58)61-40-48-37-49(41-61)39-60(38-48,42-61)52-20-12-46(7-2)13-21-52)56-28-16-50(17-29-56)51-18-30-57(31-19-51)63(54-24-10-43(3)11-25-54)59-35-44(4)34-45(5)36-59/h7,10-36,48-49H,2,6,8-9,37-42H2,1,3-5H3. The molecule has 0 radical (unpaired) electrons. The Kier molecular flexibility index (Phi) is 11.0. The molecule has 4 aliphatic rings. The van der Waals surface area contributed by atoms with E-state index < -0.39 is 0 Å². The van der Waals surface area contributed by atoms with E-state index in [0.29, 0.717) is 0 Å². The van der Waals surface area contributed by atoms with Gasteiger partial charge in [-0.2, -0.15) is 0 Å². The molecule has 0 aromatic heterocycles. The Morgan fingerprint density at radius 1 is 0.492 bits per heavy atom. The second-order valence-electron chi connectivity index (χ2n) is 19.6. The summed E-state index contributed by atoms with van der Waals surface area (Å²) in [5, 5.41) is 0. The SMILES string of the molecule is C=Cc1ccc(C23CC4CC(C2)CC(c2ccc(N(c5ccc(CCCC)cc5)c5ccc(-c6ccc(N(c7ccc(C)cc7)c7cc(C)cc(C)c7)cc6)cc5)cc2)(C4)C3)cc1. The molecule has 63 heavy (non-hydrogen) atoms. The Morgan fingerprint density at radius 3 is 1.37 bits per heavy atom. The minimum atomic E-state index is 0.249. The van der Waals surface area contributed by atoms with Crippen LogP contribution < -0.4 is 9.80 Å². The number of aryl methyl sites for hydroxylation is 4. The smallest absolute Gasteiger partial charge is 0.0466 e. The van der Waals surface area contributed by atoms with Crippen molar-refractivity contribution in [3.63, 3.8) is 0 Å². The number of unbranched alkanes of at least 4 members (excludes halogenated alkanes) is 1. The minimum absolute atomic E-state index is 0.249. The van der Waals surface area contributed by atoms with Gasteiger partial charge in [-0.15, -0.1) is 0 Å². The maximum atomic E-state index is 4.02. The molecular formula is C61H62N2. The first kappa shape index (κ1) is 40.9. The van der Waals surface area contributed by atoms with Crippen LogP contribution >= 0.6 is 0 Å². The van der Waals surface area contributed by atoms with Crippen molar-refractivity contribution in [1.82, 2.24) is 0 Å². The van der Waals surface area contributed by atoms with Crippen LogP contribution in [0.15, 0.2) is 170 Å². The van der Waals surface area contributed by atoms with E-state index in [1.165, 1.54) is 113 Å². The fourth-order valence-electron chi connectivity index (χ4n) is 12.3. The Balaban J connectivity index is 0.952. The molecule has 2 heteroatoms. The summed E-state index contributed by atoms with van der Waals surface area (Å²) < 4.78 is 0. The third kappa shape index (κ3) is 8.06. The highest BCUT2D eigenvalue weighted by Gasteiger charge is 2.58. The Labute approximate surface area is 377 Å². The minimum Gasteiger partial charge on any atom is -0.311 e. The molecule has 316 valence electrons. The van der Waals surface area contributed by atoms with Gasteiger partial charge < -0.3 is 9.80 Å². The van der Waals surface area contributed by atoms with Gasteiger partial charge in [-0.25, -0.2) is 0 Å². The van der Waals surface area contributed by atoms with Gasteiger partial charge in [0.1, 0.15) is 0 Å². The van der Waals surface area contributed by atoms with Gasteiger partial charge in [0, 0.05) is 34.1 Å². The van der Waals surface area contributed by atoms with Crippen molar-refractivity contribution in [1.29, 1.82) is 0 Å². The number of benzene rings is 7. The zero-order chi connectivity index (χ0) is 43.1. The number of rotatable bonds is 13. The van der Waals surface area contributed by atoms with Crippen molar-refractivity contribution in [3.05, 3.63) is 209 Å². The average molecular weight is 823 g/mol. The third-order valence-electron chi connectivity index (χ3n) is 14.9. The predicted octanol–water partition coefficient (Wildman–Crippen LogP) is 17.0. The number of hydrogen-bond acceptors (Lipinski definition) is 2. The number of anilines is 6. The van der Waals surface area contributed by atoms with Crippen LogP contribution in [0.25, 0.3) is 17.2 Å². The van der Waals surface area contributed by atoms with Gasteiger partial charge in [-0.05, 0) is 212 Å². The van der Waals surface area contributed by atoms with Crippen molar-refractivity contribution in [2.75, 3.05) is 9.80 Å². The van der Waals surface area contributed by atoms with Gasteiger partial charge >= 0.3 is 0 Å². The van der Waals surface area contributed by atoms with Crippen molar-refractivity contribution in [3.8, 4) is 11.1 Å². The van der Waals surface area contributed by atoms with Crippen LogP contribution in [0.5, 0.6) is 0 Å². The van der Waals surface area contributed by atoms with Crippen LogP contribution in [0.3, 0.4) is 0 Å². The zero-order valence-electron chi connectivity index (χ0n) is 37.8. The summed E-state index contributed by atoms with van der Waals surface area (Å²) in [6.07, 6.45) is 13.5. The summed E-state index contributed by atoms with van der Waals surface area (Å²) >= 11 is 0. The summed E-state index contributed by atoms with van der Waals surface area (Å²) in [7, 11) is 0. The second-order valence-corrected chi connectivity index (χ2v) is 19.6. The van der Waals surface area contributed by atoms with Crippen LogP contribution in [-0.2, 0) is 17.3 Å². The lowest BCUT2D eigenvalue weighted by molar-refractivity contribution is -0.0281. The highest BCUT2D eigenvalue weighted by molar-refractivity contribution is 5.81. The summed E-state index contributed by atoms with van der Waals surface area (Å²) in [5.74, 6) is 1.62. The molecule has 2 atom stereocenters. The molecule has 0 N–H and O–H groups in total. The van der Waals surface area contributed by atoms with E-state index in [1.807, 2.05) is 6.08 Å². The summed E-state index contributed by atoms with van der Waals surface area (Å²) in [4.78, 5) is 4.82. The number of hydrogen-bond donors (Lipinski definition) is 0. The van der Waals surface area contributed by atoms with Crippen LogP contribution in [-0.4, -0.2) is 0 Å². The van der Waals surface area contributed by atoms with Gasteiger partial charge in [0.25, 0.3) is 0 Å². The number of nitrogens with zero attached hydrogens (tertiary/aromatic N) is 2. The summed E-state index contributed by atoms with van der Waals surface area (Å²) in [6.45, 7) is 12.8. The molecule has 4 saturated carbocycles. The lowest BCUT2D eigenvalue weighted by Crippen LogP contribution is -2.55. The Bertz CT molecular complexity index is 2650. The van der Waals surface area contributed by atoms with Crippen LogP contribution in [0, 0.1) is 32.6 Å². The first-order valence-electron chi connectivity index (χ1n) is 23.6. The highest BCUT2D eigenvalue weighted by Crippen LogP contribution is 2.66. The van der Waals surface area contributed by atoms with E-state index in [2.05, 4.69) is 208 Å². The highest BCUT2D eigenvalue weighted by atomic mass is 15.1. The first-order chi connectivity index (χ1) is 30.7. The van der Waals surface area contributed by atoms with Crippen LogP contribution in [0.4, 0.5) is 34.1 Å². The molecule has 0 heterocycles. The van der Waals surface area contributed by atoms with E-state index in [4.69, 9.17) is 0 Å². The van der Waals surface area contributed by atoms with E-state index in [1.54, 1.807) is 11.1 Å². The molecule has 2 unspecified atom stereocenters. The maximum Gasteiger partial charge on any atom is 0.0466 e. The van der Waals surface area contributed by atoms with Gasteiger partial charge in [0.05, 0.1) is 0 Å². The monoisotopic (exact) mass is 822 g/mol. The third-order valence-corrected chi connectivity index (χ3v) is 14.9. The van der Waals surface area contributed by atoms with Gasteiger partial charge in [-0.3, -0.25) is 0 Å². The van der Waals surface area contributed by atoms with Crippen LogP contribution in [0.1, 0.15) is 97.2 Å². The molecule has 2 nitrogen and oxygen atoms in total. The van der Waals surface area contributed by atoms with E-state index in [0.717, 1.165) is 29.6 Å². The summed E-state index contributed by atoms with van der Waals surface area (Å²) in [6, 6.07) is 62.4. The van der Waals surface area contributed by atoms with Crippen molar-refractivity contribution in [2.24, 2.45) is 11.8 Å². The van der Waals surface area contributed by atoms with Gasteiger partial charge in [-0.1, -0.05) is 123 Å². The zero-order valence-corrected chi connectivity index (χ0v) is 37.8. The maximum absolute atomic E-state index is 4.02. The topological polar surface area (TPSA) is 6.48 Å². The van der Waals surface area contributed by atoms with Gasteiger partial charge in [0.15, 0.2) is 0 Å². The molecule has 11 rings (SSSR count). The molecule has 0 amide bonds. The van der Waals surface area contributed by atoms with Crippen molar-refractivity contribution >= 4 is 40.2 Å². The van der Waals surface area contributed by atoms with Crippen molar-refractivity contribution < 1.29 is 0 Å². The van der Waals surface area contributed by atoms with E-state index in [9.17, 15) is 0 Å². The first-order valence-corrected chi connectivity index (χ1v) is 23.6. The fraction of sp³-hybridized carbons (Fsp3) is 0.279. The largest absolute Gasteiger partial charge is 0.311 e. The molecule has 0 saturated heterocycles. The molecule has 0 aliphatic heterocycles. The molecule has 4 bridgehead atoms. The molecule has 4 fully saturated rings. The quantitative estimate of drug-likeness (QED) is 0.114. The predicted molar refractivity (Wildman–Crippen MR) is 269 cm³/mol. The van der Waals surface area contributed by atoms with Crippen LogP contribution in [0.2, 0.25) is 0 Å². The second kappa shape index (κ2) is 16.9. The average Bonchev–Trinajstić information content (AvgIpc) is 3.29. The summed E-state index contributed by atoms with van der Waals surface area (Å²) in [5.41, 5.74) is 19.5. The molecular weight excluding hydrogens is 761 g/mol. The lowest BCUT2D eigenvalue weighted by Gasteiger charge is -2.63. The molecule has 4 aliphatic carbocycles. The van der Waals surface area contributed by atoms with E-state index in [-0.39, 0.29) is 10.8 Å².